The quantitative estimate of drug-likeness (QED) is 0.488. The molecule has 7 nitrogen and oxygen atoms in total. The monoisotopic (exact) mass is 465 g/mol. The van der Waals surface area contributed by atoms with Crippen LogP contribution in [0, 0.1) is 6.92 Å². The van der Waals surface area contributed by atoms with Crippen molar-refractivity contribution >= 4 is 17.7 Å². The molecule has 0 bridgehead atoms. The Hall–Kier alpha value is -2.68. The molecule has 1 unspecified atom stereocenters. The first-order valence-electron chi connectivity index (χ1n) is 11.4. The van der Waals surface area contributed by atoms with Crippen molar-refractivity contribution in [2.75, 3.05) is 38.6 Å². The highest BCUT2D eigenvalue weighted by molar-refractivity contribution is 7.99. The molecule has 0 aliphatic carbocycles. The first kappa shape index (κ1) is 23.5. The molecule has 1 atom stereocenters. The zero-order valence-electron chi connectivity index (χ0n) is 19.2. The fourth-order valence-electron chi connectivity index (χ4n) is 3.97. The average Bonchev–Trinajstić information content (AvgIpc) is 3.32. The minimum Gasteiger partial charge on any atom is -0.379 e. The zero-order valence-corrected chi connectivity index (χ0v) is 20.1. The summed E-state index contributed by atoms with van der Waals surface area (Å²) >= 11 is 1.41. The predicted molar refractivity (Wildman–Crippen MR) is 131 cm³/mol. The lowest BCUT2D eigenvalue weighted by molar-refractivity contribution is -0.119. The number of amides is 1. The van der Waals surface area contributed by atoms with E-state index in [-0.39, 0.29) is 17.7 Å². The van der Waals surface area contributed by atoms with E-state index < -0.39 is 0 Å². The highest BCUT2D eigenvalue weighted by Crippen LogP contribution is 2.23. The molecule has 0 radical (unpaired) electrons. The van der Waals surface area contributed by atoms with E-state index in [1.165, 1.54) is 22.9 Å². The summed E-state index contributed by atoms with van der Waals surface area (Å²) in [5.74, 6) is 0.260. The van der Waals surface area contributed by atoms with Crippen molar-refractivity contribution in [2.45, 2.75) is 31.5 Å². The van der Waals surface area contributed by atoms with Crippen LogP contribution in [0.5, 0.6) is 0 Å². The number of hydrogen-bond acceptors (Lipinski definition) is 6. The van der Waals surface area contributed by atoms with E-state index in [2.05, 4.69) is 70.7 Å². The number of morpholine rings is 1. The smallest absolute Gasteiger partial charge is 0.231 e. The number of nitrogens with zero attached hydrogens (tertiary/aromatic N) is 4. The van der Waals surface area contributed by atoms with E-state index in [0.29, 0.717) is 5.16 Å². The molecule has 0 saturated carbocycles. The SMILES string of the molecule is CCc1ccccc1-n1cnnc1SCC(=O)NC(CN1CCOCC1)c1ccc(C)cc1. The normalized spacial score (nSPS) is 15.3. The lowest BCUT2D eigenvalue weighted by Crippen LogP contribution is -2.43. The van der Waals surface area contributed by atoms with Crippen molar-refractivity contribution < 1.29 is 9.53 Å². The van der Waals surface area contributed by atoms with Crippen LogP contribution in [0.1, 0.15) is 29.7 Å². The Labute approximate surface area is 199 Å². The largest absolute Gasteiger partial charge is 0.379 e. The van der Waals surface area contributed by atoms with Crippen LogP contribution in [0.3, 0.4) is 0 Å². The van der Waals surface area contributed by atoms with Gasteiger partial charge in [0.2, 0.25) is 5.91 Å². The van der Waals surface area contributed by atoms with Gasteiger partial charge < -0.3 is 10.1 Å². The number of para-hydroxylation sites is 1. The molecule has 1 aliphatic rings. The molecule has 1 aromatic heterocycles. The third-order valence-electron chi connectivity index (χ3n) is 5.84. The number of carbonyl (C=O) groups excluding carboxylic acids is 1. The number of benzene rings is 2. The van der Waals surface area contributed by atoms with Gasteiger partial charge >= 0.3 is 0 Å². The molecule has 1 aliphatic heterocycles. The van der Waals surface area contributed by atoms with Crippen molar-refractivity contribution in [2.24, 2.45) is 0 Å². The molecule has 1 fully saturated rings. The van der Waals surface area contributed by atoms with Crippen molar-refractivity contribution in [1.29, 1.82) is 0 Å². The van der Waals surface area contributed by atoms with Crippen molar-refractivity contribution in [3.8, 4) is 5.69 Å². The third kappa shape index (κ3) is 6.22. The number of thioether (sulfide) groups is 1. The fraction of sp³-hybridized carbons (Fsp3) is 0.400. The second kappa shape index (κ2) is 11.4. The second-order valence-electron chi connectivity index (χ2n) is 8.20. The summed E-state index contributed by atoms with van der Waals surface area (Å²) in [7, 11) is 0. The molecule has 33 heavy (non-hydrogen) atoms. The Morgan fingerprint density at radius 2 is 1.91 bits per heavy atom. The number of hydrogen-bond donors (Lipinski definition) is 1. The van der Waals surface area contributed by atoms with Crippen molar-refractivity contribution in [1.82, 2.24) is 25.0 Å². The van der Waals surface area contributed by atoms with E-state index in [1.54, 1.807) is 6.33 Å². The van der Waals surface area contributed by atoms with E-state index in [0.717, 1.165) is 50.5 Å². The molecule has 1 saturated heterocycles. The number of aryl methyl sites for hydroxylation is 2. The Morgan fingerprint density at radius 1 is 1.15 bits per heavy atom. The standard InChI is InChI=1S/C25H31N5O2S/c1-3-20-6-4-5-7-23(20)30-18-26-28-25(30)33-17-24(31)27-22(16-29-12-14-32-15-13-29)21-10-8-19(2)9-11-21/h4-11,18,22H,3,12-17H2,1-2H3,(H,27,31). The fourth-order valence-corrected chi connectivity index (χ4v) is 4.71. The van der Waals surface area contributed by atoms with E-state index in [9.17, 15) is 4.79 Å². The second-order valence-corrected chi connectivity index (χ2v) is 9.14. The highest BCUT2D eigenvalue weighted by Gasteiger charge is 2.21. The van der Waals surface area contributed by atoms with Gasteiger partial charge in [-0.25, -0.2) is 0 Å². The van der Waals surface area contributed by atoms with Gasteiger partial charge in [-0.2, -0.15) is 0 Å². The van der Waals surface area contributed by atoms with Crippen LogP contribution >= 0.6 is 11.8 Å². The molecule has 1 N–H and O–H groups in total. The van der Waals surface area contributed by atoms with Gasteiger partial charge in [-0.3, -0.25) is 14.3 Å². The van der Waals surface area contributed by atoms with Crippen LogP contribution in [0.15, 0.2) is 60.0 Å². The van der Waals surface area contributed by atoms with Gasteiger partial charge in [0, 0.05) is 19.6 Å². The minimum absolute atomic E-state index is 0.0165. The number of nitrogens with one attached hydrogen (secondary N) is 1. The number of carbonyl (C=O) groups is 1. The summed E-state index contributed by atoms with van der Waals surface area (Å²) in [6.07, 6.45) is 2.63. The maximum atomic E-state index is 13.0. The number of rotatable bonds is 9. The maximum absolute atomic E-state index is 13.0. The van der Waals surface area contributed by atoms with Crippen LogP contribution in [0.2, 0.25) is 0 Å². The Bertz CT molecular complexity index is 1050. The summed E-state index contributed by atoms with van der Waals surface area (Å²) in [5, 5.41) is 12.3. The summed E-state index contributed by atoms with van der Waals surface area (Å²) < 4.78 is 7.44. The highest BCUT2D eigenvalue weighted by atomic mass is 32.2. The van der Waals surface area contributed by atoms with Crippen LogP contribution in [0.4, 0.5) is 0 Å². The maximum Gasteiger partial charge on any atom is 0.231 e. The van der Waals surface area contributed by atoms with Gasteiger partial charge in [-0.1, -0.05) is 66.7 Å². The van der Waals surface area contributed by atoms with Crippen LogP contribution in [0.25, 0.3) is 5.69 Å². The molecule has 2 aromatic carbocycles. The summed E-state index contributed by atoms with van der Waals surface area (Å²) in [6, 6.07) is 16.5. The first-order chi connectivity index (χ1) is 16.1. The summed E-state index contributed by atoms with van der Waals surface area (Å²) in [6.45, 7) is 8.20. The van der Waals surface area contributed by atoms with Gasteiger partial charge in [0.1, 0.15) is 6.33 Å². The van der Waals surface area contributed by atoms with Crippen LogP contribution in [-0.4, -0.2) is 64.2 Å². The molecule has 2 heterocycles. The third-order valence-corrected chi connectivity index (χ3v) is 6.78. The molecular formula is C25H31N5O2S. The number of ether oxygens (including phenoxy) is 1. The zero-order chi connectivity index (χ0) is 23.0. The van der Waals surface area contributed by atoms with Gasteiger partial charge in [0.05, 0.1) is 30.7 Å². The Kier molecular flexibility index (Phi) is 8.15. The molecule has 0 spiro atoms. The molecule has 4 rings (SSSR count). The summed E-state index contributed by atoms with van der Waals surface area (Å²) in [5.41, 5.74) is 4.59. The van der Waals surface area contributed by atoms with Gasteiger partial charge in [0.15, 0.2) is 5.16 Å². The van der Waals surface area contributed by atoms with Crippen molar-refractivity contribution in [3.63, 3.8) is 0 Å². The van der Waals surface area contributed by atoms with Crippen LogP contribution in [-0.2, 0) is 16.0 Å². The lowest BCUT2D eigenvalue weighted by Gasteiger charge is -2.31. The average molecular weight is 466 g/mol. The number of aromatic nitrogens is 3. The molecular weight excluding hydrogens is 434 g/mol. The predicted octanol–water partition coefficient (Wildman–Crippen LogP) is 3.42. The topological polar surface area (TPSA) is 72.3 Å². The Balaban J connectivity index is 1.43. The molecule has 174 valence electrons. The van der Waals surface area contributed by atoms with Crippen molar-refractivity contribution in [3.05, 3.63) is 71.5 Å². The molecule has 3 aromatic rings. The van der Waals surface area contributed by atoms with Gasteiger partial charge in [0.25, 0.3) is 0 Å². The molecule has 1 amide bonds. The first-order valence-corrected chi connectivity index (χ1v) is 12.4. The minimum atomic E-state index is -0.0736. The van der Waals surface area contributed by atoms with Gasteiger partial charge in [-0.15, -0.1) is 10.2 Å². The van der Waals surface area contributed by atoms with E-state index in [4.69, 9.17) is 4.74 Å². The van der Waals surface area contributed by atoms with E-state index >= 15 is 0 Å². The Morgan fingerprint density at radius 3 is 2.67 bits per heavy atom. The summed E-state index contributed by atoms with van der Waals surface area (Å²) in [4.78, 5) is 15.3. The molecule has 8 heteroatoms. The van der Waals surface area contributed by atoms with Gasteiger partial charge in [-0.05, 0) is 30.5 Å². The van der Waals surface area contributed by atoms with Crippen LogP contribution < -0.4 is 5.32 Å². The lowest BCUT2D eigenvalue weighted by atomic mass is 10.0. The van der Waals surface area contributed by atoms with E-state index in [1.807, 2.05) is 16.7 Å².